The maximum Gasteiger partial charge on any atom is 0.273 e. The van der Waals surface area contributed by atoms with Gasteiger partial charge in [-0.3, -0.25) is 14.3 Å². The van der Waals surface area contributed by atoms with E-state index in [9.17, 15) is 9.59 Å². The molecule has 1 aromatic heterocycles. The molecule has 2 heterocycles. The minimum atomic E-state index is -0.235. The van der Waals surface area contributed by atoms with Gasteiger partial charge in [0.1, 0.15) is 0 Å². The number of carbonyl (C=O) groups excluding carboxylic acids is 2. The van der Waals surface area contributed by atoms with E-state index >= 15 is 0 Å². The first-order chi connectivity index (χ1) is 14.9. The second-order valence-electron chi connectivity index (χ2n) is 7.97. The zero-order chi connectivity index (χ0) is 22.4. The molecule has 3 rings (SSSR count). The number of piperidine rings is 1. The number of carbonyl (C=O) groups is 2. The van der Waals surface area contributed by atoms with Gasteiger partial charge in [-0.25, -0.2) is 0 Å². The Labute approximate surface area is 182 Å². The molecule has 1 aliphatic heterocycles. The number of rotatable bonds is 8. The van der Waals surface area contributed by atoms with Gasteiger partial charge in [0.2, 0.25) is 0 Å². The fourth-order valence-corrected chi connectivity index (χ4v) is 3.91. The van der Waals surface area contributed by atoms with Crippen molar-refractivity contribution in [2.24, 2.45) is 0 Å². The van der Waals surface area contributed by atoms with Crippen molar-refractivity contribution in [1.82, 2.24) is 25.2 Å². The summed E-state index contributed by atoms with van der Waals surface area (Å²) in [6.45, 7) is 5.07. The molecule has 1 saturated heterocycles. The minimum absolute atomic E-state index is 0.0352. The number of para-hydroxylation sites is 1. The average molecular weight is 430 g/mol. The van der Waals surface area contributed by atoms with Gasteiger partial charge in [-0.1, -0.05) is 11.3 Å². The highest BCUT2D eigenvalue weighted by atomic mass is 16.5. The third-order valence-corrected chi connectivity index (χ3v) is 5.40. The Morgan fingerprint density at radius 1 is 1.23 bits per heavy atom. The molecule has 1 atom stereocenters. The van der Waals surface area contributed by atoms with Crippen LogP contribution in [0.15, 0.2) is 24.4 Å². The highest BCUT2D eigenvalue weighted by Crippen LogP contribution is 2.33. The van der Waals surface area contributed by atoms with Crippen molar-refractivity contribution < 1.29 is 19.1 Å². The van der Waals surface area contributed by atoms with Gasteiger partial charge in [-0.05, 0) is 51.7 Å². The Hall–Kier alpha value is -3.10. The number of aryl methyl sites for hydroxylation is 1. The predicted molar refractivity (Wildman–Crippen MR) is 115 cm³/mol. The van der Waals surface area contributed by atoms with Crippen LogP contribution in [0.3, 0.4) is 0 Å². The fraction of sp³-hybridized carbons (Fsp3) is 0.545. The second kappa shape index (κ2) is 10.3. The number of hydrogen-bond acceptors (Lipinski definition) is 6. The van der Waals surface area contributed by atoms with E-state index in [0.717, 1.165) is 25.7 Å². The van der Waals surface area contributed by atoms with E-state index in [1.54, 1.807) is 43.3 Å². The van der Waals surface area contributed by atoms with Gasteiger partial charge in [0, 0.05) is 25.2 Å². The number of nitrogens with one attached hydrogen (secondary N) is 1. The summed E-state index contributed by atoms with van der Waals surface area (Å²) in [5.41, 5.74) is 0.800. The first-order valence-electron chi connectivity index (χ1n) is 10.7. The summed E-state index contributed by atoms with van der Waals surface area (Å²) in [5, 5.41) is 10.8. The van der Waals surface area contributed by atoms with Crippen LogP contribution in [0, 0.1) is 0 Å². The number of ether oxygens (including phenoxy) is 2. The quantitative estimate of drug-likeness (QED) is 0.692. The molecule has 1 aliphatic rings. The number of benzene rings is 1. The maximum absolute atomic E-state index is 13.4. The largest absolute Gasteiger partial charge is 0.493 e. The van der Waals surface area contributed by atoms with E-state index in [-0.39, 0.29) is 23.9 Å². The van der Waals surface area contributed by atoms with Crippen LogP contribution in [0.25, 0.3) is 0 Å². The molecule has 168 valence electrons. The van der Waals surface area contributed by atoms with Gasteiger partial charge in [-0.15, -0.1) is 5.10 Å². The van der Waals surface area contributed by atoms with Crippen molar-refractivity contribution in [2.75, 3.05) is 20.8 Å². The van der Waals surface area contributed by atoms with E-state index in [0.29, 0.717) is 35.8 Å². The number of methoxy groups -OCH3 is 2. The molecule has 0 radical (unpaired) electrons. The maximum atomic E-state index is 13.4. The lowest BCUT2D eigenvalue weighted by atomic mass is 9.98. The Bertz CT molecular complexity index is 911. The SMILES string of the molecule is COc1cccc(C(=O)N2CCCCC2CCn2cc(C(=O)NC(C)C)nn2)c1OC. The molecule has 31 heavy (non-hydrogen) atoms. The summed E-state index contributed by atoms with van der Waals surface area (Å²) >= 11 is 0. The van der Waals surface area contributed by atoms with Gasteiger partial charge < -0.3 is 19.7 Å². The van der Waals surface area contributed by atoms with E-state index in [2.05, 4.69) is 15.6 Å². The molecule has 0 saturated carbocycles. The average Bonchev–Trinajstić information content (AvgIpc) is 3.25. The molecule has 2 aromatic rings. The number of nitrogens with zero attached hydrogens (tertiary/aromatic N) is 4. The van der Waals surface area contributed by atoms with Crippen molar-refractivity contribution in [3.63, 3.8) is 0 Å². The molecule has 0 bridgehead atoms. The Morgan fingerprint density at radius 2 is 2.03 bits per heavy atom. The molecule has 1 N–H and O–H groups in total. The number of likely N-dealkylation sites (tertiary alicyclic amines) is 1. The highest BCUT2D eigenvalue weighted by molar-refractivity contribution is 5.98. The van der Waals surface area contributed by atoms with Crippen LogP contribution in [-0.4, -0.2) is 64.6 Å². The van der Waals surface area contributed by atoms with Crippen LogP contribution >= 0.6 is 0 Å². The molecular weight excluding hydrogens is 398 g/mol. The molecule has 0 spiro atoms. The Morgan fingerprint density at radius 3 is 2.74 bits per heavy atom. The van der Waals surface area contributed by atoms with E-state index in [4.69, 9.17) is 9.47 Å². The first kappa shape index (κ1) is 22.6. The lowest BCUT2D eigenvalue weighted by molar-refractivity contribution is 0.0589. The number of aromatic nitrogens is 3. The van der Waals surface area contributed by atoms with E-state index in [1.165, 1.54) is 0 Å². The Kier molecular flexibility index (Phi) is 7.49. The van der Waals surface area contributed by atoms with Gasteiger partial charge in [-0.2, -0.15) is 0 Å². The van der Waals surface area contributed by atoms with Crippen LogP contribution in [0.2, 0.25) is 0 Å². The predicted octanol–water partition coefficient (Wildman–Crippen LogP) is 2.52. The molecule has 9 nitrogen and oxygen atoms in total. The molecule has 2 amide bonds. The minimum Gasteiger partial charge on any atom is -0.493 e. The molecule has 9 heteroatoms. The van der Waals surface area contributed by atoms with Gasteiger partial charge in [0.25, 0.3) is 11.8 Å². The van der Waals surface area contributed by atoms with Crippen molar-refractivity contribution in [1.29, 1.82) is 0 Å². The van der Waals surface area contributed by atoms with Crippen molar-refractivity contribution in [3.05, 3.63) is 35.7 Å². The zero-order valence-electron chi connectivity index (χ0n) is 18.6. The smallest absolute Gasteiger partial charge is 0.273 e. The van der Waals surface area contributed by atoms with E-state index < -0.39 is 0 Å². The summed E-state index contributed by atoms with van der Waals surface area (Å²) in [7, 11) is 3.10. The Balaban J connectivity index is 1.70. The zero-order valence-corrected chi connectivity index (χ0v) is 18.6. The first-order valence-corrected chi connectivity index (χ1v) is 10.7. The van der Waals surface area contributed by atoms with Crippen LogP contribution in [0.5, 0.6) is 11.5 Å². The highest BCUT2D eigenvalue weighted by Gasteiger charge is 2.30. The molecule has 0 aliphatic carbocycles. The lowest BCUT2D eigenvalue weighted by Crippen LogP contribution is -2.44. The summed E-state index contributed by atoms with van der Waals surface area (Å²) in [6, 6.07) is 5.46. The van der Waals surface area contributed by atoms with Crippen molar-refractivity contribution in [2.45, 2.75) is 58.2 Å². The monoisotopic (exact) mass is 429 g/mol. The van der Waals surface area contributed by atoms with Gasteiger partial charge in [0.05, 0.1) is 26.0 Å². The fourth-order valence-electron chi connectivity index (χ4n) is 3.91. The summed E-state index contributed by atoms with van der Waals surface area (Å²) in [5.74, 6) is 0.699. The summed E-state index contributed by atoms with van der Waals surface area (Å²) < 4.78 is 12.5. The number of hydrogen-bond donors (Lipinski definition) is 1. The summed E-state index contributed by atoms with van der Waals surface area (Å²) in [4.78, 5) is 27.4. The van der Waals surface area contributed by atoms with Gasteiger partial charge in [0.15, 0.2) is 17.2 Å². The van der Waals surface area contributed by atoms with Crippen molar-refractivity contribution in [3.8, 4) is 11.5 Å². The molecule has 1 aromatic carbocycles. The standard InChI is InChI=1S/C22H31N5O4/c1-15(2)23-21(28)18-14-26(25-24-18)13-11-16-8-5-6-12-27(16)22(29)17-9-7-10-19(30-3)20(17)31-4/h7,9-10,14-16H,5-6,8,11-13H2,1-4H3,(H,23,28). The van der Waals surface area contributed by atoms with Crippen LogP contribution in [0.4, 0.5) is 0 Å². The summed E-state index contributed by atoms with van der Waals surface area (Å²) in [6.07, 6.45) is 5.35. The number of amides is 2. The van der Waals surface area contributed by atoms with Crippen LogP contribution < -0.4 is 14.8 Å². The third-order valence-electron chi connectivity index (χ3n) is 5.40. The molecule has 1 unspecified atom stereocenters. The van der Waals surface area contributed by atoms with Crippen LogP contribution in [-0.2, 0) is 6.54 Å². The molecular formula is C22H31N5O4. The van der Waals surface area contributed by atoms with Crippen molar-refractivity contribution >= 4 is 11.8 Å². The van der Waals surface area contributed by atoms with Gasteiger partial charge >= 0.3 is 0 Å². The topological polar surface area (TPSA) is 98.6 Å². The third kappa shape index (κ3) is 5.34. The lowest BCUT2D eigenvalue weighted by Gasteiger charge is -2.36. The second-order valence-corrected chi connectivity index (χ2v) is 7.97. The molecule has 1 fully saturated rings. The normalized spacial score (nSPS) is 16.3. The van der Waals surface area contributed by atoms with E-state index in [1.807, 2.05) is 18.7 Å². The van der Waals surface area contributed by atoms with Crippen LogP contribution in [0.1, 0.15) is 60.4 Å².